The van der Waals surface area contributed by atoms with Crippen LogP contribution in [0.2, 0.25) is 0 Å². The minimum absolute atomic E-state index is 0.153. The van der Waals surface area contributed by atoms with Crippen molar-refractivity contribution in [2.24, 2.45) is 0 Å². The van der Waals surface area contributed by atoms with Crippen LogP contribution in [-0.4, -0.2) is 32.8 Å². The fourth-order valence-corrected chi connectivity index (χ4v) is 5.27. The van der Waals surface area contributed by atoms with Gasteiger partial charge in [0.2, 0.25) is 12.7 Å². The number of anilines is 2. The maximum absolute atomic E-state index is 12.4. The predicted octanol–water partition coefficient (Wildman–Crippen LogP) is 3.53. The van der Waals surface area contributed by atoms with Gasteiger partial charge in [-0.3, -0.25) is 9.59 Å². The number of nitrogens with one attached hydrogen (secondary N) is 2. The largest absolute Gasteiger partial charge is 0.454 e. The molecule has 2 heterocycles. The van der Waals surface area contributed by atoms with Gasteiger partial charge in [0.1, 0.15) is 4.21 Å². The molecular formula is C21H18N2O6S2. The van der Waals surface area contributed by atoms with Crippen LogP contribution in [-0.2, 0) is 14.6 Å². The summed E-state index contributed by atoms with van der Waals surface area (Å²) in [5, 5.41) is 7.09. The highest BCUT2D eigenvalue weighted by Gasteiger charge is 2.18. The van der Waals surface area contributed by atoms with Crippen LogP contribution in [0.4, 0.5) is 11.4 Å². The molecule has 31 heavy (non-hydrogen) atoms. The first-order valence-corrected chi connectivity index (χ1v) is 11.8. The van der Waals surface area contributed by atoms with Gasteiger partial charge in [-0.05, 0) is 47.8 Å². The standard InChI is InChI=1S/C21H18N2O6S2/c24-19(9-11-31(26,27)20-2-1-10-30-20)22-15-5-3-14(4-6-15)21(25)23-16-7-8-17-18(12-16)29-13-28-17/h1-8,10,12H,9,11,13H2,(H,22,24)(H,23,25). The summed E-state index contributed by atoms with van der Waals surface area (Å²) in [6.07, 6.45) is -0.160. The molecule has 0 saturated carbocycles. The number of thiophene rings is 1. The van der Waals surface area contributed by atoms with Gasteiger partial charge in [0.25, 0.3) is 5.91 Å². The molecule has 1 aliphatic rings. The zero-order valence-electron chi connectivity index (χ0n) is 16.2. The van der Waals surface area contributed by atoms with Gasteiger partial charge < -0.3 is 20.1 Å². The van der Waals surface area contributed by atoms with Gasteiger partial charge in [-0.15, -0.1) is 11.3 Å². The Morgan fingerprint density at radius 1 is 0.935 bits per heavy atom. The van der Waals surface area contributed by atoms with Crippen LogP contribution in [0.15, 0.2) is 64.2 Å². The molecule has 4 rings (SSSR count). The summed E-state index contributed by atoms with van der Waals surface area (Å²) >= 11 is 1.13. The number of amides is 2. The number of carbonyl (C=O) groups excluding carboxylic acids is 2. The Labute approximate surface area is 182 Å². The summed E-state index contributed by atoms with van der Waals surface area (Å²) in [7, 11) is -3.47. The average Bonchev–Trinajstić information content (AvgIpc) is 3.45. The van der Waals surface area contributed by atoms with Crippen molar-refractivity contribution in [3.63, 3.8) is 0 Å². The molecule has 0 fully saturated rings. The SMILES string of the molecule is O=C(CCS(=O)(=O)c1cccs1)Nc1ccc(C(=O)Nc2ccc3c(c2)OCO3)cc1. The third kappa shape index (κ3) is 5.04. The first-order valence-electron chi connectivity index (χ1n) is 9.28. The van der Waals surface area contributed by atoms with Crippen molar-refractivity contribution in [2.45, 2.75) is 10.6 Å². The average molecular weight is 459 g/mol. The molecule has 0 saturated heterocycles. The van der Waals surface area contributed by atoms with E-state index in [4.69, 9.17) is 9.47 Å². The maximum Gasteiger partial charge on any atom is 0.255 e. The second-order valence-electron chi connectivity index (χ2n) is 6.65. The van der Waals surface area contributed by atoms with E-state index in [1.54, 1.807) is 53.9 Å². The lowest BCUT2D eigenvalue weighted by Crippen LogP contribution is -2.17. The van der Waals surface area contributed by atoms with E-state index in [1.807, 2.05) is 0 Å². The number of ether oxygens (including phenoxy) is 2. The Morgan fingerprint density at radius 3 is 2.42 bits per heavy atom. The van der Waals surface area contributed by atoms with E-state index in [1.165, 1.54) is 6.07 Å². The first-order chi connectivity index (χ1) is 14.9. The van der Waals surface area contributed by atoms with Crippen molar-refractivity contribution in [1.82, 2.24) is 0 Å². The molecule has 0 unspecified atom stereocenters. The van der Waals surface area contributed by atoms with E-state index in [0.29, 0.717) is 28.4 Å². The summed E-state index contributed by atoms with van der Waals surface area (Å²) in [4.78, 5) is 24.5. The Bertz CT molecular complexity index is 1210. The van der Waals surface area contributed by atoms with Crippen molar-refractivity contribution < 1.29 is 27.5 Å². The number of sulfone groups is 1. The lowest BCUT2D eigenvalue weighted by molar-refractivity contribution is -0.115. The van der Waals surface area contributed by atoms with Gasteiger partial charge >= 0.3 is 0 Å². The zero-order valence-corrected chi connectivity index (χ0v) is 17.8. The highest BCUT2D eigenvalue weighted by molar-refractivity contribution is 7.93. The molecule has 2 N–H and O–H groups in total. The molecule has 1 aromatic heterocycles. The Balaban J connectivity index is 1.31. The molecule has 0 spiro atoms. The van der Waals surface area contributed by atoms with Crippen LogP contribution in [0, 0.1) is 0 Å². The van der Waals surface area contributed by atoms with Gasteiger partial charge in [0.05, 0.1) is 5.75 Å². The van der Waals surface area contributed by atoms with Crippen molar-refractivity contribution in [3.8, 4) is 11.5 Å². The fourth-order valence-electron chi connectivity index (χ4n) is 2.87. The van der Waals surface area contributed by atoms with Gasteiger partial charge in [0, 0.05) is 29.4 Å². The highest BCUT2D eigenvalue weighted by atomic mass is 32.2. The van der Waals surface area contributed by atoms with Crippen LogP contribution in [0.3, 0.4) is 0 Å². The predicted molar refractivity (Wildman–Crippen MR) is 117 cm³/mol. The van der Waals surface area contributed by atoms with Crippen molar-refractivity contribution in [1.29, 1.82) is 0 Å². The number of benzene rings is 2. The summed E-state index contributed by atoms with van der Waals surface area (Å²) < 4.78 is 35.1. The number of rotatable bonds is 7. The molecule has 0 bridgehead atoms. The quantitative estimate of drug-likeness (QED) is 0.560. The van der Waals surface area contributed by atoms with E-state index in [2.05, 4.69) is 10.6 Å². The number of hydrogen-bond acceptors (Lipinski definition) is 7. The van der Waals surface area contributed by atoms with Crippen molar-refractivity contribution in [2.75, 3.05) is 23.2 Å². The van der Waals surface area contributed by atoms with Crippen LogP contribution >= 0.6 is 11.3 Å². The Kier molecular flexibility index (Phi) is 5.92. The normalized spacial score (nSPS) is 12.4. The zero-order chi connectivity index (χ0) is 21.8. The van der Waals surface area contributed by atoms with E-state index in [0.717, 1.165) is 11.3 Å². The lowest BCUT2D eigenvalue weighted by Gasteiger charge is -2.08. The van der Waals surface area contributed by atoms with Crippen LogP contribution < -0.4 is 20.1 Å². The van der Waals surface area contributed by atoms with E-state index in [9.17, 15) is 18.0 Å². The molecule has 160 valence electrons. The minimum atomic E-state index is -3.47. The highest BCUT2D eigenvalue weighted by Crippen LogP contribution is 2.34. The molecule has 8 nitrogen and oxygen atoms in total. The summed E-state index contributed by atoms with van der Waals surface area (Å²) in [6.45, 7) is 0.153. The topological polar surface area (TPSA) is 111 Å². The molecular weight excluding hydrogens is 440 g/mol. The van der Waals surface area contributed by atoms with Crippen molar-refractivity contribution in [3.05, 3.63) is 65.5 Å². The summed E-state index contributed by atoms with van der Waals surface area (Å²) in [5.41, 5.74) is 1.44. The van der Waals surface area contributed by atoms with Gasteiger partial charge in [-0.2, -0.15) is 0 Å². The second kappa shape index (κ2) is 8.78. The van der Waals surface area contributed by atoms with Gasteiger partial charge in [-0.25, -0.2) is 8.42 Å². The number of carbonyl (C=O) groups is 2. The molecule has 10 heteroatoms. The summed E-state index contributed by atoms with van der Waals surface area (Å²) in [5.74, 6) is 0.185. The molecule has 2 amide bonds. The smallest absolute Gasteiger partial charge is 0.255 e. The van der Waals surface area contributed by atoms with Crippen LogP contribution in [0.1, 0.15) is 16.8 Å². The van der Waals surface area contributed by atoms with Crippen LogP contribution in [0.25, 0.3) is 0 Å². The van der Waals surface area contributed by atoms with Gasteiger partial charge in [0.15, 0.2) is 21.3 Å². The summed E-state index contributed by atoms with van der Waals surface area (Å²) in [6, 6.07) is 14.6. The maximum atomic E-state index is 12.4. The molecule has 3 aromatic rings. The number of fused-ring (bicyclic) bond motifs is 1. The molecule has 1 aliphatic heterocycles. The third-order valence-corrected chi connectivity index (χ3v) is 7.66. The monoisotopic (exact) mass is 458 g/mol. The lowest BCUT2D eigenvalue weighted by atomic mass is 10.2. The Hall–Kier alpha value is -3.37. The molecule has 0 radical (unpaired) electrons. The second-order valence-corrected chi connectivity index (χ2v) is 9.93. The van der Waals surface area contributed by atoms with E-state index >= 15 is 0 Å². The van der Waals surface area contributed by atoms with E-state index < -0.39 is 15.7 Å². The minimum Gasteiger partial charge on any atom is -0.454 e. The van der Waals surface area contributed by atoms with Crippen molar-refractivity contribution >= 4 is 44.4 Å². The van der Waals surface area contributed by atoms with E-state index in [-0.39, 0.29) is 29.1 Å². The molecule has 2 aromatic carbocycles. The molecule has 0 atom stereocenters. The van der Waals surface area contributed by atoms with Gasteiger partial charge in [-0.1, -0.05) is 6.07 Å². The Morgan fingerprint density at radius 2 is 1.68 bits per heavy atom. The van der Waals surface area contributed by atoms with Crippen LogP contribution in [0.5, 0.6) is 11.5 Å². The third-order valence-electron chi connectivity index (χ3n) is 4.46. The fraction of sp³-hybridized carbons (Fsp3) is 0.143. The molecule has 0 aliphatic carbocycles. The number of hydrogen-bond donors (Lipinski definition) is 2. The first kappa shape index (κ1) is 20.9.